The fraction of sp³-hybridized carbons (Fsp3) is 0.833. The van der Waals surface area contributed by atoms with E-state index >= 15 is 0 Å². The van der Waals surface area contributed by atoms with Gasteiger partial charge in [0.1, 0.15) is 11.5 Å². The number of hydrogen-bond acceptors (Lipinski definition) is 8. The number of rotatable bonds is 0. The van der Waals surface area contributed by atoms with Crippen molar-refractivity contribution in [1.29, 1.82) is 0 Å². The van der Waals surface area contributed by atoms with Gasteiger partial charge in [-0.15, -0.1) is 0 Å². The summed E-state index contributed by atoms with van der Waals surface area (Å²) < 4.78 is 45.2. The lowest BCUT2D eigenvalue weighted by molar-refractivity contribution is 0.00578. The maximum atomic E-state index is 5.91. The molecule has 5 rings (SSSR count). The normalized spacial score (nSPS) is 21.7. The molecule has 0 atom stereocenters. The van der Waals surface area contributed by atoms with Crippen molar-refractivity contribution in [2.45, 2.75) is 164 Å². The molecular formula is C36H68B4O8. The molecule has 3 fully saturated rings. The third kappa shape index (κ3) is 13.2. The zero-order chi connectivity index (χ0) is 37.0. The second-order valence-electron chi connectivity index (χ2n) is 19.6. The highest BCUT2D eigenvalue weighted by Crippen LogP contribution is 2.44. The highest BCUT2D eigenvalue weighted by molar-refractivity contribution is 6.51. The van der Waals surface area contributed by atoms with Gasteiger partial charge in [-0.2, -0.15) is 0 Å². The first-order valence-corrected chi connectivity index (χ1v) is 17.8. The van der Waals surface area contributed by atoms with Crippen molar-refractivity contribution in [3.8, 4) is 11.5 Å². The minimum absolute atomic E-state index is 0.00116. The van der Waals surface area contributed by atoms with E-state index in [0.717, 1.165) is 44.3 Å². The second kappa shape index (κ2) is 16.0. The standard InChI is InChI=1S/C10H13BO2.C10H21BO2.C9H19BO2.C7H15BO2/c1-10(2,3)11-12-8-6-4-5-7-9(8)13-11;1-8(2,3)11-12-9(4,5)10(6,7)13-11;1-8(2,3)10-11-6-9(4,5)7-12-10;1-7(2,3)8-9-5-4-6-10-8/h4-7H,1-3H3;1-7H3;6-7H2,1-5H3;4-6H2,1-3H3. The van der Waals surface area contributed by atoms with E-state index in [1.54, 1.807) is 0 Å². The number of para-hydroxylation sites is 2. The molecule has 0 saturated carbocycles. The molecule has 0 amide bonds. The Hall–Kier alpha value is -1.16. The molecule has 0 aliphatic carbocycles. The molecule has 272 valence electrons. The van der Waals surface area contributed by atoms with Crippen LogP contribution in [0.1, 0.15) is 131 Å². The van der Waals surface area contributed by atoms with E-state index in [4.69, 9.17) is 37.2 Å². The molecule has 0 aromatic heterocycles. The number of benzene rings is 1. The lowest BCUT2D eigenvalue weighted by Crippen LogP contribution is -2.45. The van der Waals surface area contributed by atoms with Crippen molar-refractivity contribution in [3.63, 3.8) is 0 Å². The Morgan fingerprint density at radius 2 is 0.812 bits per heavy atom. The molecule has 8 nitrogen and oxygen atoms in total. The fourth-order valence-electron chi connectivity index (χ4n) is 4.63. The quantitative estimate of drug-likeness (QED) is 0.253. The van der Waals surface area contributed by atoms with E-state index in [2.05, 4.69) is 125 Å². The van der Waals surface area contributed by atoms with Gasteiger partial charge in [0.2, 0.25) is 0 Å². The summed E-state index contributed by atoms with van der Waals surface area (Å²) in [7, 11) is -0.297. The van der Waals surface area contributed by atoms with Crippen molar-refractivity contribution >= 4 is 28.5 Å². The predicted octanol–water partition coefficient (Wildman–Crippen LogP) is 9.68. The van der Waals surface area contributed by atoms with Crippen molar-refractivity contribution in [2.24, 2.45) is 5.41 Å². The van der Waals surface area contributed by atoms with Crippen LogP contribution in [0.15, 0.2) is 24.3 Å². The van der Waals surface area contributed by atoms with Crippen molar-refractivity contribution in [3.05, 3.63) is 24.3 Å². The zero-order valence-corrected chi connectivity index (χ0v) is 33.9. The van der Waals surface area contributed by atoms with E-state index in [1.165, 1.54) is 0 Å². The van der Waals surface area contributed by atoms with Crippen molar-refractivity contribution in [1.82, 2.24) is 0 Å². The third-order valence-electron chi connectivity index (χ3n) is 8.48. The SMILES string of the molecule is CC(C)(C)B1OC(C)(C)C(C)(C)O1.CC(C)(C)B1OCCCO1.CC(C)(C)B1Oc2ccccc2O1.CC1(C)COB(C(C)(C)C)OC1. The topological polar surface area (TPSA) is 73.8 Å². The zero-order valence-electron chi connectivity index (χ0n) is 33.9. The maximum absolute atomic E-state index is 5.91. The Kier molecular flexibility index (Phi) is 14.4. The highest BCUT2D eigenvalue weighted by atomic mass is 16.7. The average Bonchev–Trinajstić information content (AvgIpc) is 3.47. The van der Waals surface area contributed by atoms with Gasteiger partial charge in [-0.3, -0.25) is 0 Å². The lowest BCUT2D eigenvalue weighted by atomic mass is 9.60. The monoisotopic (exact) mass is 673 g/mol. The van der Waals surface area contributed by atoms with Crippen LogP contribution in [0.3, 0.4) is 0 Å². The van der Waals surface area contributed by atoms with Crippen LogP contribution in [0.4, 0.5) is 0 Å². The molecule has 0 unspecified atom stereocenters. The summed E-state index contributed by atoms with van der Waals surface area (Å²) in [5.41, 5.74) is -0.225. The van der Waals surface area contributed by atoms with Gasteiger partial charge in [-0.25, -0.2) is 0 Å². The minimum Gasteiger partial charge on any atom is -0.523 e. The molecule has 0 radical (unpaired) electrons. The molecule has 0 spiro atoms. The van der Waals surface area contributed by atoms with Gasteiger partial charge in [-0.05, 0) is 62.2 Å². The molecule has 3 saturated heterocycles. The molecule has 0 bridgehead atoms. The summed E-state index contributed by atoms with van der Waals surface area (Å²) in [5.74, 6) is 1.70. The van der Waals surface area contributed by atoms with E-state index in [-0.39, 0.29) is 66.3 Å². The maximum Gasteiger partial charge on any atom is 0.600 e. The Morgan fingerprint density at radius 1 is 0.479 bits per heavy atom. The molecule has 12 heteroatoms. The molecule has 4 heterocycles. The largest absolute Gasteiger partial charge is 0.600 e. The van der Waals surface area contributed by atoms with E-state index in [0.29, 0.717) is 0 Å². The van der Waals surface area contributed by atoms with Crippen molar-refractivity contribution < 1.29 is 37.2 Å². The van der Waals surface area contributed by atoms with Gasteiger partial charge in [0, 0.05) is 37.2 Å². The summed E-state index contributed by atoms with van der Waals surface area (Å²) in [5, 5.41) is 0.279. The van der Waals surface area contributed by atoms with E-state index in [9.17, 15) is 0 Å². The van der Waals surface area contributed by atoms with Gasteiger partial charge in [0.05, 0.1) is 11.2 Å². The molecule has 4 aliphatic heterocycles. The van der Waals surface area contributed by atoms with Crippen LogP contribution < -0.4 is 9.31 Å². The van der Waals surface area contributed by atoms with E-state index in [1.807, 2.05) is 24.3 Å². The van der Waals surface area contributed by atoms with Gasteiger partial charge in [-0.1, -0.05) is 109 Å². The first-order chi connectivity index (χ1) is 21.6. The molecule has 1 aromatic carbocycles. The molecular weight excluding hydrogens is 604 g/mol. The summed E-state index contributed by atoms with van der Waals surface area (Å²) in [6.07, 6.45) is 1.03. The fourth-order valence-corrected chi connectivity index (χ4v) is 4.63. The van der Waals surface area contributed by atoms with Crippen LogP contribution >= 0.6 is 0 Å². The summed E-state index contributed by atoms with van der Waals surface area (Å²) in [4.78, 5) is 0. The number of fused-ring (bicyclic) bond motifs is 1. The average molecular weight is 672 g/mol. The number of hydrogen-bond donors (Lipinski definition) is 0. The molecule has 4 aliphatic rings. The first kappa shape index (κ1) is 43.0. The van der Waals surface area contributed by atoms with Gasteiger partial charge in [0.15, 0.2) is 0 Å². The molecule has 0 N–H and O–H groups in total. The van der Waals surface area contributed by atoms with Crippen LogP contribution in [0.5, 0.6) is 11.5 Å². The Morgan fingerprint density at radius 3 is 1.10 bits per heavy atom. The third-order valence-corrected chi connectivity index (χ3v) is 8.48. The molecule has 1 aromatic rings. The van der Waals surface area contributed by atoms with Gasteiger partial charge < -0.3 is 37.2 Å². The minimum atomic E-state index is -0.203. The van der Waals surface area contributed by atoms with Crippen LogP contribution in [0.25, 0.3) is 0 Å². The van der Waals surface area contributed by atoms with E-state index < -0.39 is 0 Å². The highest BCUT2D eigenvalue weighted by Gasteiger charge is 2.55. The predicted molar refractivity (Wildman–Crippen MR) is 202 cm³/mol. The van der Waals surface area contributed by atoms with Gasteiger partial charge >= 0.3 is 28.5 Å². The summed E-state index contributed by atoms with van der Waals surface area (Å²) in [6.45, 7) is 41.4. The smallest absolute Gasteiger partial charge is 0.523 e. The second-order valence-corrected chi connectivity index (χ2v) is 19.6. The van der Waals surface area contributed by atoms with Crippen LogP contribution in [0, 0.1) is 5.41 Å². The Bertz CT molecular complexity index is 1080. The summed E-state index contributed by atoms with van der Waals surface area (Å²) >= 11 is 0. The van der Waals surface area contributed by atoms with Gasteiger partial charge in [0.25, 0.3) is 0 Å². The van der Waals surface area contributed by atoms with Crippen LogP contribution in [-0.2, 0) is 27.9 Å². The van der Waals surface area contributed by atoms with Crippen LogP contribution in [0.2, 0.25) is 21.3 Å². The Balaban J connectivity index is 0.000000223. The first-order valence-electron chi connectivity index (χ1n) is 17.8. The van der Waals surface area contributed by atoms with Crippen LogP contribution in [-0.4, -0.2) is 66.1 Å². The summed E-state index contributed by atoms with van der Waals surface area (Å²) in [6, 6.07) is 7.77. The lowest BCUT2D eigenvalue weighted by Gasteiger charge is -2.37. The Labute approximate surface area is 296 Å². The molecule has 48 heavy (non-hydrogen) atoms. The van der Waals surface area contributed by atoms with Crippen molar-refractivity contribution in [2.75, 3.05) is 26.4 Å².